The summed E-state index contributed by atoms with van der Waals surface area (Å²) in [5.74, 6) is 0.931. The fourth-order valence-corrected chi connectivity index (χ4v) is 8.26. The first kappa shape index (κ1) is 38.2. The molecule has 0 fully saturated rings. The summed E-state index contributed by atoms with van der Waals surface area (Å²) < 4.78 is 0. The molecule has 0 saturated carbocycles. The summed E-state index contributed by atoms with van der Waals surface area (Å²) in [6.07, 6.45) is 15.7. The van der Waals surface area contributed by atoms with Crippen molar-refractivity contribution in [3.05, 3.63) is 242 Å². The fourth-order valence-electron chi connectivity index (χ4n) is 8.26. The minimum absolute atomic E-state index is 0.397. The third-order valence-electron chi connectivity index (χ3n) is 11.4. The molecule has 294 valence electrons. The average molecular weight is 779 g/mol. The van der Waals surface area contributed by atoms with Gasteiger partial charge in [-0.25, -0.2) is 0 Å². The average Bonchev–Trinajstić information content (AvgIpc) is 3.31. The van der Waals surface area contributed by atoms with Crippen LogP contribution >= 0.6 is 0 Å². The van der Waals surface area contributed by atoms with Crippen molar-refractivity contribution in [3.8, 4) is 0 Å². The largest absolute Gasteiger partial charge is 0.314 e. The number of hydrogen-bond donors (Lipinski definition) is 0. The summed E-state index contributed by atoms with van der Waals surface area (Å²) in [6.45, 7) is 4.58. The minimum Gasteiger partial charge on any atom is -0.314 e. The lowest BCUT2D eigenvalue weighted by Crippen LogP contribution is -2.22. The maximum Gasteiger partial charge on any atom is 0.0463 e. The molecule has 0 heterocycles. The van der Waals surface area contributed by atoms with Gasteiger partial charge in [-0.05, 0) is 152 Å². The maximum atomic E-state index is 2.40. The number of nitrogens with zero attached hydrogens (tertiary/aromatic N) is 4. The van der Waals surface area contributed by atoms with Crippen molar-refractivity contribution >= 4 is 56.9 Å². The SMILES string of the molecule is CC1C=CC(N(c2ccccc2)c2ccc(N(c3ccc(N(C4=CC=CCC4C)c4ccccc4)cc3)c3ccc(N(c4ccccc4)c4ccccc4)cc3)cc2)=CC1. The normalized spacial score (nSPS) is 15.8. The Morgan fingerprint density at radius 3 is 1.07 bits per heavy atom. The van der Waals surface area contributed by atoms with Crippen molar-refractivity contribution in [1.82, 2.24) is 0 Å². The van der Waals surface area contributed by atoms with E-state index in [1.807, 2.05) is 0 Å². The Bertz CT molecular complexity index is 2560. The summed E-state index contributed by atoms with van der Waals surface area (Å²) in [6, 6.07) is 69.5. The van der Waals surface area contributed by atoms with E-state index >= 15 is 0 Å². The van der Waals surface area contributed by atoms with E-state index in [0.29, 0.717) is 11.8 Å². The van der Waals surface area contributed by atoms with Crippen molar-refractivity contribution in [2.24, 2.45) is 11.8 Å². The highest BCUT2D eigenvalue weighted by Gasteiger charge is 2.23. The molecule has 2 aliphatic carbocycles. The second-order valence-electron chi connectivity index (χ2n) is 15.6. The second-order valence-corrected chi connectivity index (χ2v) is 15.6. The molecule has 2 unspecified atom stereocenters. The molecule has 9 rings (SSSR count). The third kappa shape index (κ3) is 8.18. The Kier molecular flexibility index (Phi) is 11.3. The van der Waals surface area contributed by atoms with Crippen molar-refractivity contribution in [1.29, 1.82) is 0 Å². The summed E-state index contributed by atoms with van der Waals surface area (Å²) in [4.78, 5) is 9.43. The number of para-hydroxylation sites is 4. The molecule has 0 N–H and O–H groups in total. The van der Waals surface area contributed by atoms with Crippen LogP contribution in [0, 0.1) is 11.8 Å². The molecule has 0 aromatic heterocycles. The van der Waals surface area contributed by atoms with Gasteiger partial charge in [-0.2, -0.15) is 0 Å². The summed E-state index contributed by atoms with van der Waals surface area (Å²) in [5, 5.41) is 0. The molecule has 7 aromatic rings. The van der Waals surface area contributed by atoms with Crippen LogP contribution in [0.25, 0.3) is 0 Å². The smallest absolute Gasteiger partial charge is 0.0463 e. The molecule has 0 saturated heterocycles. The predicted molar refractivity (Wildman–Crippen MR) is 255 cm³/mol. The van der Waals surface area contributed by atoms with E-state index in [-0.39, 0.29) is 0 Å². The van der Waals surface area contributed by atoms with Gasteiger partial charge >= 0.3 is 0 Å². The van der Waals surface area contributed by atoms with Crippen molar-refractivity contribution in [3.63, 3.8) is 0 Å². The maximum absolute atomic E-state index is 2.40. The molecule has 4 heteroatoms. The lowest BCUT2D eigenvalue weighted by molar-refractivity contribution is 0.670. The Morgan fingerprint density at radius 2 is 0.700 bits per heavy atom. The molecule has 0 aliphatic heterocycles. The van der Waals surface area contributed by atoms with Crippen LogP contribution in [0.3, 0.4) is 0 Å². The van der Waals surface area contributed by atoms with Gasteiger partial charge in [0.1, 0.15) is 0 Å². The predicted octanol–water partition coefficient (Wildman–Crippen LogP) is 15.9. The van der Waals surface area contributed by atoms with Crippen LogP contribution < -0.4 is 19.6 Å². The van der Waals surface area contributed by atoms with Gasteiger partial charge in [0.2, 0.25) is 0 Å². The fraction of sp³-hybridized carbons (Fsp3) is 0.107. The zero-order valence-corrected chi connectivity index (χ0v) is 34.3. The molecule has 7 aromatic carbocycles. The second kappa shape index (κ2) is 17.7. The third-order valence-corrected chi connectivity index (χ3v) is 11.4. The molecule has 4 nitrogen and oxygen atoms in total. The van der Waals surface area contributed by atoms with Crippen LogP contribution in [0.15, 0.2) is 242 Å². The van der Waals surface area contributed by atoms with E-state index in [1.54, 1.807) is 0 Å². The van der Waals surface area contributed by atoms with Crippen molar-refractivity contribution in [2.75, 3.05) is 19.6 Å². The van der Waals surface area contributed by atoms with E-state index in [1.165, 1.54) is 11.4 Å². The van der Waals surface area contributed by atoms with Gasteiger partial charge in [0, 0.05) is 74.2 Å². The number of benzene rings is 7. The zero-order valence-electron chi connectivity index (χ0n) is 34.3. The minimum atomic E-state index is 0.397. The monoisotopic (exact) mass is 778 g/mol. The lowest BCUT2D eigenvalue weighted by Gasteiger charge is -2.33. The van der Waals surface area contributed by atoms with Gasteiger partial charge in [0.25, 0.3) is 0 Å². The van der Waals surface area contributed by atoms with Gasteiger partial charge in [-0.15, -0.1) is 0 Å². The van der Waals surface area contributed by atoms with Crippen molar-refractivity contribution in [2.45, 2.75) is 26.7 Å². The van der Waals surface area contributed by atoms with Crippen LogP contribution in [0.2, 0.25) is 0 Å². The number of rotatable bonds is 12. The van der Waals surface area contributed by atoms with Gasteiger partial charge in [0.15, 0.2) is 0 Å². The molecular formula is C56H50N4. The molecule has 2 aliphatic rings. The highest BCUT2D eigenvalue weighted by atomic mass is 15.2. The van der Waals surface area contributed by atoms with E-state index in [2.05, 4.69) is 264 Å². The van der Waals surface area contributed by atoms with Crippen LogP contribution in [0.5, 0.6) is 0 Å². The summed E-state index contributed by atoms with van der Waals surface area (Å²) in [7, 11) is 0. The zero-order chi connectivity index (χ0) is 40.7. The number of allylic oxidation sites excluding steroid dienone is 7. The molecule has 0 bridgehead atoms. The van der Waals surface area contributed by atoms with Crippen LogP contribution in [0.1, 0.15) is 26.7 Å². The topological polar surface area (TPSA) is 13.0 Å². The van der Waals surface area contributed by atoms with Crippen molar-refractivity contribution < 1.29 is 0 Å². The van der Waals surface area contributed by atoms with E-state index in [0.717, 1.165) is 69.7 Å². The van der Waals surface area contributed by atoms with E-state index in [9.17, 15) is 0 Å². The van der Waals surface area contributed by atoms with Gasteiger partial charge in [-0.1, -0.05) is 111 Å². The number of hydrogen-bond acceptors (Lipinski definition) is 4. The molecule has 0 spiro atoms. The summed E-state index contributed by atoms with van der Waals surface area (Å²) in [5.41, 5.74) is 13.6. The Morgan fingerprint density at radius 1 is 0.367 bits per heavy atom. The standard InChI is InChI=1S/C56H50N4/c1-43-27-29-49(30-28-43)58(47-22-11-5-12-23-47)51-33-37-53(38-34-51)59(52-35-31-50(32-36-52)57(45-18-7-3-8-19-45)46-20-9-4-10-21-46)54-39-41-55(42-40-54)60(48-24-13-6-14-25-48)56-26-16-15-17-44(56)2/h3-16,18-27,29-44H,17,28H2,1-2H3. The molecule has 0 amide bonds. The number of anilines is 10. The van der Waals surface area contributed by atoms with Crippen LogP contribution in [-0.4, -0.2) is 0 Å². The molecule has 2 atom stereocenters. The van der Waals surface area contributed by atoms with Gasteiger partial charge in [0.05, 0.1) is 0 Å². The van der Waals surface area contributed by atoms with E-state index in [4.69, 9.17) is 0 Å². The lowest BCUT2D eigenvalue weighted by atomic mass is 9.96. The first-order valence-electron chi connectivity index (χ1n) is 21.1. The van der Waals surface area contributed by atoms with Crippen LogP contribution in [0.4, 0.5) is 56.9 Å². The Labute approximate surface area is 355 Å². The van der Waals surface area contributed by atoms with Crippen LogP contribution in [-0.2, 0) is 0 Å². The molecule has 60 heavy (non-hydrogen) atoms. The molecule has 0 radical (unpaired) electrons. The van der Waals surface area contributed by atoms with Gasteiger partial charge in [-0.3, -0.25) is 0 Å². The first-order chi connectivity index (χ1) is 29.6. The highest BCUT2D eigenvalue weighted by Crippen LogP contribution is 2.42. The van der Waals surface area contributed by atoms with E-state index < -0.39 is 0 Å². The Hall–Kier alpha value is -7.30. The highest BCUT2D eigenvalue weighted by molar-refractivity contribution is 5.83. The summed E-state index contributed by atoms with van der Waals surface area (Å²) >= 11 is 0. The van der Waals surface area contributed by atoms with Gasteiger partial charge < -0.3 is 19.6 Å². The Balaban J connectivity index is 1.12. The first-order valence-corrected chi connectivity index (χ1v) is 21.1. The quantitative estimate of drug-likeness (QED) is 0.122. The molecular weight excluding hydrogens is 729 g/mol.